The highest BCUT2D eigenvalue weighted by Gasteiger charge is 2.19. The lowest BCUT2D eigenvalue weighted by Gasteiger charge is -2.18. The molecule has 1 atom stereocenters. The van der Waals surface area contributed by atoms with E-state index in [9.17, 15) is 9.59 Å². The Balaban J connectivity index is 2.60. The highest BCUT2D eigenvalue weighted by molar-refractivity contribution is 5.89. The molecule has 0 spiro atoms. The Hall–Kier alpha value is -1.82. The number of methoxy groups -OCH3 is 1. The molecular weight excluding hydrogens is 260 g/mol. The summed E-state index contributed by atoms with van der Waals surface area (Å²) >= 11 is 0. The van der Waals surface area contributed by atoms with Gasteiger partial charge in [-0.2, -0.15) is 0 Å². The van der Waals surface area contributed by atoms with Gasteiger partial charge < -0.3 is 14.5 Å². The van der Waals surface area contributed by atoms with E-state index in [1.807, 2.05) is 0 Å². The monoisotopic (exact) mass is 282 g/mol. The molecule has 1 rings (SSSR count). The third kappa shape index (κ3) is 4.70. The van der Waals surface area contributed by atoms with Crippen LogP contribution in [0.4, 0.5) is 0 Å². The van der Waals surface area contributed by atoms with Crippen LogP contribution in [0.3, 0.4) is 0 Å². The van der Waals surface area contributed by atoms with Crippen LogP contribution in [0.25, 0.3) is 0 Å². The van der Waals surface area contributed by atoms with Crippen molar-refractivity contribution in [2.75, 3.05) is 14.2 Å². The fourth-order valence-corrected chi connectivity index (χ4v) is 1.85. The molecule has 0 saturated heterocycles. The zero-order valence-electron chi connectivity index (χ0n) is 12.4. The summed E-state index contributed by atoms with van der Waals surface area (Å²) < 4.78 is 9.86. The number of ether oxygens (including phenoxy) is 1. The number of furan rings is 1. The van der Waals surface area contributed by atoms with Crippen molar-refractivity contribution in [3.05, 3.63) is 23.7 Å². The van der Waals surface area contributed by atoms with Gasteiger partial charge in [-0.15, -0.1) is 0 Å². The molecule has 1 aromatic rings. The SMILES string of the molecule is CNC(=O)C(CC(C)C)NCc1cc(C(=O)OC)co1. The summed E-state index contributed by atoms with van der Waals surface area (Å²) in [4.78, 5) is 23.0. The van der Waals surface area contributed by atoms with E-state index in [1.54, 1.807) is 13.1 Å². The second kappa shape index (κ2) is 7.69. The van der Waals surface area contributed by atoms with Gasteiger partial charge in [0.2, 0.25) is 5.91 Å². The lowest BCUT2D eigenvalue weighted by Crippen LogP contribution is -2.43. The summed E-state index contributed by atoms with van der Waals surface area (Å²) in [5, 5.41) is 5.76. The van der Waals surface area contributed by atoms with Crippen LogP contribution < -0.4 is 10.6 Å². The van der Waals surface area contributed by atoms with Crippen LogP contribution in [0.1, 0.15) is 36.4 Å². The second-order valence-electron chi connectivity index (χ2n) is 4.97. The van der Waals surface area contributed by atoms with E-state index in [2.05, 4.69) is 29.2 Å². The van der Waals surface area contributed by atoms with Crippen molar-refractivity contribution in [2.45, 2.75) is 32.9 Å². The van der Waals surface area contributed by atoms with Crippen LogP contribution in [0.15, 0.2) is 16.7 Å². The fraction of sp³-hybridized carbons (Fsp3) is 0.571. The maximum atomic E-state index is 11.8. The van der Waals surface area contributed by atoms with Crippen molar-refractivity contribution in [1.29, 1.82) is 0 Å². The standard InChI is InChI=1S/C14H22N2O4/c1-9(2)5-12(13(17)15-3)16-7-11-6-10(8-20-11)14(18)19-4/h6,8-9,12,16H,5,7H2,1-4H3,(H,15,17). The van der Waals surface area contributed by atoms with Gasteiger partial charge in [0.15, 0.2) is 0 Å². The minimum atomic E-state index is -0.440. The van der Waals surface area contributed by atoms with Gasteiger partial charge in [-0.05, 0) is 18.4 Å². The Morgan fingerprint density at radius 1 is 1.40 bits per heavy atom. The molecule has 0 saturated carbocycles. The van der Waals surface area contributed by atoms with E-state index < -0.39 is 5.97 Å². The third-order valence-corrected chi connectivity index (χ3v) is 2.87. The van der Waals surface area contributed by atoms with Crippen molar-refractivity contribution in [2.24, 2.45) is 5.92 Å². The number of esters is 1. The molecule has 2 N–H and O–H groups in total. The first-order valence-electron chi connectivity index (χ1n) is 6.58. The number of rotatable bonds is 7. The number of nitrogens with one attached hydrogen (secondary N) is 2. The Morgan fingerprint density at radius 2 is 2.10 bits per heavy atom. The molecule has 0 radical (unpaired) electrons. The summed E-state index contributed by atoms with van der Waals surface area (Å²) in [6.45, 7) is 4.49. The van der Waals surface area contributed by atoms with Gasteiger partial charge in [0, 0.05) is 7.05 Å². The van der Waals surface area contributed by atoms with Crippen molar-refractivity contribution in [3.63, 3.8) is 0 Å². The molecule has 0 fully saturated rings. The predicted molar refractivity (Wildman–Crippen MR) is 74.2 cm³/mol. The van der Waals surface area contributed by atoms with Gasteiger partial charge >= 0.3 is 5.97 Å². The molecule has 1 heterocycles. The Bertz CT molecular complexity index is 454. The van der Waals surface area contributed by atoms with Gasteiger partial charge in [0.1, 0.15) is 12.0 Å². The highest BCUT2D eigenvalue weighted by atomic mass is 16.5. The number of hydrogen-bond donors (Lipinski definition) is 2. The molecule has 112 valence electrons. The van der Waals surface area contributed by atoms with E-state index in [0.717, 1.165) is 6.42 Å². The topological polar surface area (TPSA) is 80.6 Å². The summed E-state index contributed by atoms with van der Waals surface area (Å²) in [6.07, 6.45) is 2.07. The van der Waals surface area contributed by atoms with Gasteiger partial charge in [-0.3, -0.25) is 10.1 Å². The first-order valence-corrected chi connectivity index (χ1v) is 6.58. The number of hydrogen-bond acceptors (Lipinski definition) is 5. The lowest BCUT2D eigenvalue weighted by molar-refractivity contribution is -0.123. The summed E-state index contributed by atoms with van der Waals surface area (Å²) in [5.41, 5.74) is 0.365. The fourth-order valence-electron chi connectivity index (χ4n) is 1.85. The lowest BCUT2D eigenvalue weighted by atomic mass is 10.0. The first-order chi connectivity index (χ1) is 9.47. The minimum absolute atomic E-state index is 0.0570. The van der Waals surface area contributed by atoms with Gasteiger partial charge in [0.25, 0.3) is 0 Å². The molecule has 6 nitrogen and oxygen atoms in total. The Labute approximate surface area is 118 Å². The Morgan fingerprint density at radius 3 is 2.65 bits per heavy atom. The van der Waals surface area contributed by atoms with E-state index in [-0.39, 0.29) is 11.9 Å². The van der Waals surface area contributed by atoms with E-state index >= 15 is 0 Å². The minimum Gasteiger partial charge on any atom is -0.467 e. The van der Waals surface area contributed by atoms with Gasteiger partial charge in [-0.25, -0.2) is 4.79 Å². The maximum absolute atomic E-state index is 11.8. The molecule has 0 bridgehead atoms. The third-order valence-electron chi connectivity index (χ3n) is 2.87. The average Bonchev–Trinajstić information content (AvgIpc) is 2.90. The predicted octanol–water partition coefficient (Wildman–Crippen LogP) is 1.32. The van der Waals surface area contributed by atoms with Crippen LogP contribution in [0.5, 0.6) is 0 Å². The van der Waals surface area contributed by atoms with Crippen LogP contribution in [0, 0.1) is 5.92 Å². The molecular formula is C14H22N2O4. The summed E-state index contributed by atoms with van der Waals surface area (Å²) in [5.74, 6) is 0.485. The molecule has 1 amide bonds. The molecule has 0 aromatic carbocycles. The smallest absolute Gasteiger partial charge is 0.341 e. The molecule has 1 aromatic heterocycles. The summed E-state index contributed by atoms with van der Waals surface area (Å²) in [7, 11) is 2.93. The van der Waals surface area contributed by atoms with Crippen LogP contribution in [-0.4, -0.2) is 32.1 Å². The maximum Gasteiger partial charge on any atom is 0.341 e. The van der Waals surface area contributed by atoms with E-state index in [4.69, 9.17) is 4.42 Å². The van der Waals surface area contributed by atoms with E-state index in [1.165, 1.54) is 13.4 Å². The van der Waals surface area contributed by atoms with Crippen LogP contribution in [-0.2, 0) is 16.1 Å². The van der Waals surface area contributed by atoms with Crippen LogP contribution in [0.2, 0.25) is 0 Å². The van der Waals surface area contributed by atoms with Crippen molar-refractivity contribution in [3.8, 4) is 0 Å². The molecule has 6 heteroatoms. The first kappa shape index (κ1) is 16.2. The Kier molecular flexibility index (Phi) is 6.24. The average molecular weight is 282 g/mol. The second-order valence-corrected chi connectivity index (χ2v) is 4.97. The quantitative estimate of drug-likeness (QED) is 0.737. The molecule has 20 heavy (non-hydrogen) atoms. The molecule has 0 aliphatic carbocycles. The molecule has 0 aliphatic heterocycles. The molecule has 0 aliphatic rings. The number of carbonyl (C=O) groups excluding carboxylic acids is 2. The van der Waals surface area contributed by atoms with Crippen molar-refractivity contribution < 1.29 is 18.7 Å². The van der Waals surface area contributed by atoms with E-state index in [0.29, 0.717) is 23.8 Å². The summed E-state index contributed by atoms with van der Waals surface area (Å²) in [6, 6.07) is 1.32. The number of amides is 1. The highest BCUT2D eigenvalue weighted by Crippen LogP contribution is 2.10. The largest absolute Gasteiger partial charge is 0.467 e. The van der Waals surface area contributed by atoms with Gasteiger partial charge in [0.05, 0.1) is 25.3 Å². The molecule has 1 unspecified atom stereocenters. The van der Waals surface area contributed by atoms with Gasteiger partial charge in [-0.1, -0.05) is 13.8 Å². The van der Waals surface area contributed by atoms with Crippen molar-refractivity contribution in [1.82, 2.24) is 10.6 Å². The van der Waals surface area contributed by atoms with Crippen LogP contribution >= 0.6 is 0 Å². The number of likely N-dealkylation sites (N-methyl/N-ethyl adjacent to an activating group) is 1. The number of carbonyl (C=O) groups is 2. The zero-order chi connectivity index (χ0) is 15.1. The normalized spacial score (nSPS) is 12.2. The van der Waals surface area contributed by atoms with Crippen molar-refractivity contribution >= 4 is 11.9 Å². The zero-order valence-corrected chi connectivity index (χ0v) is 12.4.